The molecule has 204 valence electrons. The highest BCUT2D eigenvalue weighted by atomic mass is 35.5. The van der Waals surface area contributed by atoms with Crippen molar-refractivity contribution < 1.29 is 22.4 Å². The number of nitrogens with one attached hydrogen (secondary N) is 2. The molecule has 0 bridgehead atoms. The molecule has 1 saturated heterocycles. The Labute approximate surface area is 221 Å². The third-order valence-electron chi connectivity index (χ3n) is 6.32. The van der Waals surface area contributed by atoms with Crippen molar-refractivity contribution in [1.29, 1.82) is 0 Å². The molecule has 1 aromatic carbocycles. The van der Waals surface area contributed by atoms with Crippen LogP contribution >= 0.6 is 11.6 Å². The first kappa shape index (κ1) is 27.6. The Morgan fingerprint density at radius 2 is 1.89 bits per heavy atom. The van der Waals surface area contributed by atoms with Crippen LogP contribution in [-0.4, -0.2) is 55.7 Å². The van der Waals surface area contributed by atoms with Gasteiger partial charge in [0.1, 0.15) is 17.7 Å². The zero-order valence-corrected chi connectivity index (χ0v) is 21.8. The van der Waals surface area contributed by atoms with Crippen molar-refractivity contribution in [2.24, 2.45) is 0 Å². The second-order valence-corrected chi connectivity index (χ2v) is 9.50. The number of carbonyl (C=O) groups is 1. The lowest BCUT2D eigenvalue weighted by molar-refractivity contribution is -0.137. The monoisotopic (exact) mass is 554 g/mol. The van der Waals surface area contributed by atoms with Crippen molar-refractivity contribution in [1.82, 2.24) is 14.9 Å². The van der Waals surface area contributed by atoms with Gasteiger partial charge in [0.05, 0.1) is 21.8 Å². The Kier molecular flexibility index (Phi) is 7.84. The molecule has 0 atom stereocenters. The van der Waals surface area contributed by atoms with Gasteiger partial charge in [-0.15, -0.1) is 0 Å². The number of anilines is 3. The van der Waals surface area contributed by atoms with Crippen LogP contribution in [0.5, 0.6) is 0 Å². The fraction of sp³-hybridized carbons (Fsp3) is 0.400. The van der Waals surface area contributed by atoms with Crippen LogP contribution in [0.3, 0.4) is 0 Å². The van der Waals surface area contributed by atoms with Crippen LogP contribution in [0.4, 0.5) is 34.8 Å². The summed E-state index contributed by atoms with van der Waals surface area (Å²) in [5.41, 5.74) is -0.232. The van der Waals surface area contributed by atoms with Gasteiger partial charge in [-0.25, -0.2) is 9.37 Å². The fourth-order valence-corrected chi connectivity index (χ4v) is 4.78. The van der Waals surface area contributed by atoms with Crippen LogP contribution in [0.25, 0.3) is 11.0 Å². The average molecular weight is 555 g/mol. The zero-order valence-electron chi connectivity index (χ0n) is 21.0. The maximum absolute atomic E-state index is 15.0. The molecule has 0 saturated carbocycles. The molecular weight excluding hydrogens is 528 g/mol. The summed E-state index contributed by atoms with van der Waals surface area (Å²) in [5, 5.41) is 5.48. The molecule has 2 aromatic heterocycles. The number of nitrogens with zero attached hydrogens (tertiary/aromatic N) is 4. The van der Waals surface area contributed by atoms with E-state index in [4.69, 9.17) is 11.6 Å². The lowest BCUT2D eigenvalue weighted by Crippen LogP contribution is -2.46. The average Bonchev–Trinajstić information content (AvgIpc) is 2.86. The number of amides is 1. The predicted octanol–water partition coefficient (Wildman–Crippen LogP) is 3.88. The van der Waals surface area contributed by atoms with Crippen molar-refractivity contribution in [3.8, 4) is 0 Å². The molecule has 13 heteroatoms. The zero-order chi connectivity index (χ0) is 27.8. The number of aromatic nitrogens is 2. The Bertz CT molecular complexity index is 1430. The van der Waals surface area contributed by atoms with E-state index >= 15 is 0 Å². The van der Waals surface area contributed by atoms with Crippen LogP contribution in [0, 0.1) is 5.82 Å². The topological polar surface area (TPSA) is 82.5 Å². The smallest absolute Gasteiger partial charge is 0.364 e. The molecule has 4 rings (SSSR count). The van der Waals surface area contributed by atoms with Crippen LogP contribution in [0.15, 0.2) is 29.1 Å². The fourth-order valence-electron chi connectivity index (χ4n) is 4.55. The lowest BCUT2D eigenvalue weighted by Gasteiger charge is -2.32. The maximum atomic E-state index is 15.0. The van der Waals surface area contributed by atoms with Gasteiger partial charge in [-0.2, -0.15) is 13.2 Å². The molecule has 3 aromatic rings. The summed E-state index contributed by atoms with van der Waals surface area (Å²) < 4.78 is 55.5. The first-order valence-corrected chi connectivity index (χ1v) is 12.4. The highest BCUT2D eigenvalue weighted by Gasteiger charge is 2.31. The van der Waals surface area contributed by atoms with Gasteiger partial charge in [0.15, 0.2) is 11.6 Å². The van der Waals surface area contributed by atoms with Crippen LogP contribution in [0.1, 0.15) is 18.2 Å². The second-order valence-electron chi connectivity index (χ2n) is 9.10. The van der Waals surface area contributed by atoms with Gasteiger partial charge in [0.2, 0.25) is 11.3 Å². The largest absolute Gasteiger partial charge is 0.416 e. The highest BCUT2D eigenvalue weighted by Crippen LogP contribution is 2.34. The molecule has 0 radical (unpaired) electrons. The molecule has 1 aliphatic rings. The van der Waals surface area contributed by atoms with Gasteiger partial charge in [0.25, 0.3) is 0 Å². The van der Waals surface area contributed by atoms with Crippen LogP contribution < -0.4 is 25.9 Å². The molecule has 0 spiro atoms. The number of halogens is 5. The molecule has 8 nitrogen and oxygen atoms in total. The molecule has 0 aliphatic carbocycles. The number of rotatable bonds is 6. The van der Waals surface area contributed by atoms with E-state index < -0.39 is 23.5 Å². The van der Waals surface area contributed by atoms with Gasteiger partial charge in [-0.05, 0) is 24.6 Å². The predicted molar refractivity (Wildman–Crippen MR) is 140 cm³/mol. The lowest BCUT2D eigenvalue weighted by atomic mass is 10.1. The standard InChI is InChI=1S/C25H27ClF4N6O2/c1-4-18-22(35-9-7-31-8-10-35)23(38)21-19(12-16(27)24(33-21)34(2)3)36(18)13-20(37)32-17-6-5-14(11-15(17)26)25(28,29)30/h5-6,11-12,31H,4,7-10,13H2,1-3H3,(H,32,37). The van der Waals surface area contributed by atoms with E-state index in [1.54, 1.807) is 14.1 Å². The minimum Gasteiger partial charge on any atom is -0.364 e. The van der Waals surface area contributed by atoms with Crippen molar-refractivity contribution in [3.05, 3.63) is 56.6 Å². The van der Waals surface area contributed by atoms with Crippen molar-refractivity contribution in [3.63, 3.8) is 0 Å². The summed E-state index contributed by atoms with van der Waals surface area (Å²) in [6.45, 7) is 3.91. The van der Waals surface area contributed by atoms with Gasteiger partial charge in [-0.1, -0.05) is 18.5 Å². The molecule has 1 aliphatic heterocycles. The molecule has 38 heavy (non-hydrogen) atoms. The summed E-state index contributed by atoms with van der Waals surface area (Å²) in [7, 11) is 3.21. The number of fused-ring (bicyclic) bond motifs is 1. The molecule has 3 heterocycles. The van der Waals surface area contributed by atoms with Crippen LogP contribution in [0.2, 0.25) is 5.02 Å². The first-order valence-electron chi connectivity index (χ1n) is 12.0. The summed E-state index contributed by atoms with van der Waals surface area (Å²) >= 11 is 6.01. The van der Waals surface area contributed by atoms with Gasteiger partial charge < -0.3 is 25.0 Å². The van der Waals surface area contributed by atoms with E-state index in [9.17, 15) is 27.2 Å². The first-order chi connectivity index (χ1) is 17.9. The van der Waals surface area contributed by atoms with E-state index in [1.807, 2.05) is 11.8 Å². The van der Waals surface area contributed by atoms with E-state index in [1.165, 1.54) is 15.5 Å². The normalized spacial score (nSPS) is 14.2. The quantitative estimate of drug-likeness (QED) is 0.450. The summed E-state index contributed by atoms with van der Waals surface area (Å²) in [4.78, 5) is 34.5. The highest BCUT2D eigenvalue weighted by molar-refractivity contribution is 6.33. The van der Waals surface area contributed by atoms with E-state index in [0.717, 1.165) is 18.2 Å². The van der Waals surface area contributed by atoms with E-state index in [-0.39, 0.29) is 39.5 Å². The van der Waals surface area contributed by atoms with Crippen molar-refractivity contribution >= 4 is 45.7 Å². The van der Waals surface area contributed by atoms with Crippen LogP contribution in [-0.2, 0) is 23.9 Å². The van der Waals surface area contributed by atoms with Crippen molar-refractivity contribution in [2.75, 3.05) is 55.4 Å². The third-order valence-corrected chi connectivity index (χ3v) is 6.63. The Hall–Kier alpha value is -3.38. The number of pyridine rings is 2. The summed E-state index contributed by atoms with van der Waals surface area (Å²) in [6.07, 6.45) is -4.23. The molecule has 1 fully saturated rings. The number of carbonyl (C=O) groups excluding carboxylic acids is 1. The molecule has 1 amide bonds. The number of alkyl halides is 3. The van der Waals surface area contributed by atoms with Gasteiger partial charge in [-0.3, -0.25) is 9.59 Å². The Morgan fingerprint density at radius 1 is 1.21 bits per heavy atom. The minimum atomic E-state index is -4.58. The number of benzene rings is 1. The third kappa shape index (κ3) is 5.41. The number of hydrogen-bond acceptors (Lipinski definition) is 6. The number of hydrogen-bond donors (Lipinski definition) is 2. The van der Waals surface area contributed by atoms with E-state index in [0.29, 0.717) is 44.0 Å². The van der Waals surface area contributed by atoms with Crippen molar-refractivity contribution in [2.45, 2.75) is 26.1 Å². The summed E-state index contributed by atoms with van der Waals surface area (Å²) in [6, 6.07) is 3.80. The van der Waals surface area contributed by atoms with E-state index in [2.05, 4.69) is 15.6 Å². The number of piperazine rings is 1. The Balaban J connectivity index is 1.82. The van der Waals surface area contributed by atoms with Gasteiger partial charge >= 0.3 is 6.18 Å². The second kappa shape index (κ2) is 10.8. The minimum absolute atomic E-state index is 0.00501. The van der Waals surface area contributed by atoms with Gasteiger partial charge in [0, 0.05) is 52.0 Å². The molecule has 0 unspecified atom stereocenters. The molecular formula is C25H27ClF4N6O2. The SMILES string of the molecule is CCc1c(N2CCNCC2)c(=O)c2nc(N(C)C)c(F)cc2n1CC(=O)Nc1ccc(C(F)(F)F)cc1Cl. The Morgan fingerprint density at radius 3 is 2.47 bits per heavy atom. The molecule has 2 N–H and O–H groups in total. The summed E-state index contributed by atoms with van der Waals surface area (Å²) in [5.74, 6) is -1.30. The maximum Gasteiger partial charge on any atom is 0.416 e.